The van der Waals surface area contributed by atoms with Crippen LogP contribution in [0, 0.1) is 19.8 Å². The maximum absolute atomic E-state index is 12.1. The van der Waals surface area contributed by atoms with Gasteiger partial charge in [-0.25, -0.2) is 14.8 Å². The summed E-state index contributed by atoms with van der Waals surface area (Å²) in [6, 6.07) is 13.0. The number of aromatic nitrogens is 2. The van der Waals surface area contributed by atoms with Crippen molar-refractivity contribution in [3.05, 3.63) is 65.5 Å². The van der Waals surface area contributed by atoms with Crippen LogP contribution in [-0.2, 0) is 4.74 Å². The van der Waals surface area contributed by atoms with E-state index in [1.807, 2.05) is 32.9 Å². The van der Waals surface area contributed by atoms with Crippen LogP contribution in [0.15, 0.2) is 48.8 Å². The Kier molecular flexibility index (Phi) is 6.51. The van der Waals surface area contributed by atoms with Crippen LogP contribution in [0.1, 0.15) is 35.3 Å². The van der Waals surface area contributed by atoms with Crippen molar-refractivity contribution in [1.82, 2.24) is 9.97 Å². The molecule has 0 spiro atoms. The summed E-state index contributed by atoms with van der Waals surface area (Å²) in [5.41, 5.74) is 11.2. The molecule has 7 heteroatoms. The van der Waals surface area contributed by atoms with E-state index in [9.17, 15) is 4.79 Å². The van der Waals surface area contributed by atoms with Gasteiger partial charge in [0.2, 0.25) is 0 Å². The number of ether oxygens (including phenoxy) is 1. The van der Waals surface area contributed by atoms with Gasteiger partial charge in [0.1, 0.15) is 12.0 Å². The molecule has 0 saturated heterocycles. The summed E-state index contributed by atoms with van der Waals surface area (Å²) in [7, 11) is 0. The Labute approximate surface area is 176 Å². The van der Waals surface area contributed by atoms with Crippen LogP contribution < -0.4 is 16.4 Å². The SMILES string of the molecule is Cc1cccc(Nc2ncnc(Nc3ccc(C(=O)OCC(C)C)cc3)c2N)c1C. The number of nitrogens with two attached hydrogens (primary N) is 1. The number of nitrogens with zero attached hydrogens (tertiary/aromatic N) is 2. The number of anilines is 5. The summed E-state index contributed by atoms with van der Waals surface area (Å²) in [5.74, 6) is 0.960. The highest BCUT2D eigenvalue weighted by molar-refractivity contribution is 5.90. The largest absolute Gasteiger partial charge is 0.462 e. The molecular formula is C23H27N5O2. The molecule has 2 aromatic carbocycles. The average Bonchev–Trinajstić information content (AvgIpc) is 2.73. The average molecular weight is 406 g/mol. The first-order valence-corrected chi connectivity index (χ1v) is 9.83. The Morgan fingerprint density at radius 1 is 1.03 bits per heavy atom. The van der Waals surface area contributed by atoms with Gasteiger partial charge < -0.3 is 21.1 Å². The van der Waals surface area contributed by atoms with Gasteiger partial charge in [0.25, 0.3) is 0 Å². The standard InChI is InChI=1S/C23H27N5O2/c1-14(2)12-30-23(29)17-8-10-18(11-9-17)27-21-20(24)22(26-13-25-21)28-19-7-5-6-15(3)16(19)4/h5-11,13-14H,12,24H2,1-4H3,(H2,25,26,27,28). The summed E-state index contributed by atoms with van der Waals surface area (Å²) < 4.78 is 5.25. The quantitative estimate of drug-likeness (QED) is 0.477. The van der Waals surface area contributed by atoms with Gasteiger partial charge in [-0.3, -0.25) is 0 Å². The first-order valence-electron chi connectivity index (χ1n) is 9.83. The fourth-order valence-corrected chi connectivity index (χ4v) is 2.76. The minimum Gasteiger partial charge on any atom is -0.462 e. The van der Waals surface area contributed by atoms with Crippen molar-refractivity contribution in [3.8, 4) is 0 Å². The number of aryl methyl sites for hydroxylation is 1. The van der Waals surface area contributed by atoms with E-state index in [2.05, 4.69) is 33.6 Å². The van der Waals surface area contributed by atoms with Gasteiger partial charge in [0.05, 0.1) is 12.2 Å². The monoisotopic (exact) mass is 405 g/mol. The zero-order chi connectivity index (χ0) is 21.7. The van der Waals surface area contributed by atoms with E-state index < -0.39 is 0 Å². The third-order valence-corrected chi connectivity index (χ3v) is 4.67. The lowest BCUT2D eigenvalue weighted by Crippen LogP contribution is -2.10. The van der Waals surface area contributed by atoms with Crippen LogP contribution in [0.2, 0.25) is 0 Å². The first kappa shape index (κ1) is 21.1. The molecule has 0 aliphatic heterocycles. The smallest absolute Gasteiger partial charge is 0.338 e. The topological polar surface area (TPSA) is 102 Å². The van der Waals surface area contributed by atoms with Gasteiger partial charge in [0.15, 0.2) is 11.6 Å². The van der Waals surface area contributed by atoms with Crippen LogP contribution in [0.25, 0.3) is 0 Å². The molecule has 3 rings (SSSR count). The van der Waals surface area contributed by atoms with Gasteiger partial charge in [-0.2, -0.15) is 0 Å². The molecule has 3 aromatic rings. The highest BCUT2D eigenvalue weighted by Gasteiger charge is 2.12. The molecule has 0 bridgehead atoms. The zero-order valence-corrected chi connectivity index (χ0v) is 17.7. The molecule has 156 valence electrons. The maximum Gasteiger partial charge on any atom is 0.338 e. The van der Waals surface area contributed by atoms with Crippen LogP contribution in [0.3, 0.4) is 0 Å². The van der Waals surface area contributed by atoms with E-state index in [1.54, 1.807) is 24.3 Å². The third-order valence-electron chi connectivity index (χ3n) is 4.67. The number of hydrogen-bond acceptors (Lipinski definition) is 7. The molecule has 0 aliphatic rings. The number of carbonyl (C=O) groups excluding carboxylic acids is 1. The lowest BCUT2D eigenvalue weighted by atomic mass is 10.1. The predicted octanol–water partition coefficient (Wildman–Crippen LogP) is 4.98. The van der Waals surface area contributed by atoms with Crippen LogP contribution >= 0.6 is 0 Å². The second-order valence-corrected chi connectivity index (χ2v) is 7.55. The van der Waals surface area contributed by atoms with Crippen molar-refractivity contribution in [2.75, 3.05) is 23.0 Å². The van der Waals surface area contributed by atoms with Gasteiger partial charge >= 0.3 is 5.97 Å². The van der Waals surface area contributed by atoms with Gasteiger partial charge in [-0.05, 0) is 61.2 Å². The molecule has 0 radical (unpaired) electrons. The maximum atomic E-state index is 12.1. The van der Waals surface area contributed by atoms with E-state index in [-0.39, 0.29) is 5.97 Å². The molecule has 7 nitrogen and oxygen atoms in total. The summed E-state index contributed by atoms with van der Waals surface area (Å²) in [6.07, 6.45) is 1.45. The van der Waals surface area contributed by atoms with E-state index >= 15 is 0 Å². The number of rotatable bonds is 7. The van der Waals surface area contributed by atoms with Crippen molar-refractivity contribution >= 4 is 34.7 Å². The van der Waals surface area contributed by atoms with Crippen molar-refractivity contribution < 1.29 is 9.53 Å². The minimum absolute atomic E-state index is 0.294. The number of benzene rings is 2. The van der Waals surface area contributed by atoms with Gasteiger partial charge in [-0.15, -0.1) is 0 Å². The minimum atomic E-state index is -0.336. The second-order valence-electron chi connectivity index (χ2n) is 7.55. The summed E-state index contributed by atoms with van der Waals surface area (Å²) in [5, 5.41) is 6.45. The Morgan fingerprint density at radius 3 is 2.37 bits per heavy atom. The lowest BCUT2D eigenvalue weighted by molar-refractivity contribution is 0.0459. The molecule has 0 unspecified atom stereocenters. The zero-order valence-electron chi connectivity index (χ0n) is 17.7. The molecule has 1 aromatic heterocycles. The summed E-state index contributed by atoms with van der Waals surface area (Å²) in [4.78, 5) is 20.6. The fourth-order valence-electron chi connectivity index (χ4n) is 2.76. The molecule has 0 saturated carbocycles. The molecule has 0 aliphatic carbocycles. The number of nitrogens with one attached hydrogen (secondary N) is 2. The molecule has 0 fully saturated rings. The van der Waals surface area contributed by atoms with Crippen molar-refractivity contribution in [1.29, 1.82) is 0 Å². The van der Waals surface area contributed by atoms with Crippen LogP contribution in [0.4, 0.5) is 28.7 Å². The molecule has 4 N–H and O–H groups in total. The van der Waals surface area contributed by atoms with Crippen LogP contribution in [0.5, 0.6) is 0 Å². The summed E-state index contributed by atoms with van der Waals surface area (Å²) >= 11 is 0. The number of carbonyl (C=O) groups is 1. The molecule has 0 amide bonds. The highest BCUT2D eigenvalue weighted by Crippen LogP contribution is 2.30. The van der Waals surface area contributed by atoms with E-state index in [1.165, 1.54) is 11.9 Å². The van der Waals surface area contributed by atoms with Gasteiger partial charge in [0, 0.05) is 11.4 Å². The fraction of sp³-hybridized carbons (Fsp3) is 0.261. The molecule has 30 heavy (non-hydrogen) atoms. The Balaban J connectivity index is 1.74. The lowest BCUT2D eigenvalue weighted by Gasteiger charge is -2.15. The Bertz CT molecular complexity index is 1030. The second kappa shape index (κ2) is 9.26. The van der Waals surface area contributed by atoms with E-state index in [0.717, 1.165) is 16.9 Å². The summed E-state index contributed by atoms with van der Waals surface area (Å²) in [6.45, 7) is 8.49. The van der Waals surface area contributed by atoms with E-state index in [0.29, 0.717) is 35.4 Å². The Morgan fingerprint density at radius 2 is 1.70 bits per heavy atom. The third kappa shape index (κ3) is 5.05. The van der Waals surface area contributed by atoms with Crippen LogP contribution in [-0.4, -0.2) is 22.5 Å². The normalized spacial score (nSPS) is 10.7. The molecule has 1 heterocycles. The number of nitrogen functional groups attached to an aromatic ring is 1. The first-order chi connectivity index (χ1) is 14.3. The Hall–Kier alpha value is -3.61. The highest BCUT2D eigenvalue weighted by atomic mass is 16.5. The predicted molar refractivity (Wildman–Crippen MR) is 120 cm³/mol. The van der Waals surface area contributed by atoms with E-state index in [4.69, 9.17) is 10.5 Å². The number of esters is 1. The number of hydrogen-bond donors (Lipinski definition) is 3. The molecular weight excluding hydrogens is 378 g/mol. The molecule has 0 atom stereocenters. The van der Waals surface area contributed by atoms with Crippen molar-refractivity contribution in [3.63, 3.8) is 0 Å². The van der Waals surface area contributed by atoms with Crippen molar-refractivity contribution in [2.24, 2.45) is 5.92 Å². The van der Waals surface area contributed by atoms with Crippen molar-refractivity contribution in [2.45, 2.75) is 27.7 Å². The van der Waals surface area contributed by atoms with Gasteiger partial charge in [-0.1, -0.05) is 26.0 Å².